The van der Waals surface area contributed by atoms with E-state index in [1.54, 1.807) is 16.9 Å². The summed E-state index contributed by atoms with van der Waals surface area (Å²) in [5.74, 6) is -0.255. The molecule has 0 radical (unpaired) electrons. The Kier molecular flexibility index (Phi) is 4.16. The van der Waals surface area contributed by atoms with E-state index in [2.05, 4.69) is 31.2 Å². The lowest BCUT2D eigenvalue weighted by atomic mass is 10.1. The van der Waals surface area contributed by atoms with Gasteiger partial charge in [0.05, 0.1) is 16.4 Å². The minimum atomic E-state index is -0.255. The molecule has 0 fully saturated rings. The SMILES string of the molecule is Cc1nn(-c2ccc(F)cc2CNC(C)(C)C)cc1Cl. The minimum Gasteiger partial charge on any atom is -0.308 e. The summed E-state index contributed by atoms with van der Waals surface area (Å²) in [6.07, 6.45) is 1.74. The van der Waals surface area contributed by atoms with Gasteiger partial charge in [-0.25, -0.2) is 9.07 Å². The molecule has 20 heavy (non-hydrogen) atoms. The number of aryl methyl sites for hydroxylation is 1. The Morgan fingerprint density at radius 1 is 1.35 bits per heavy atom. The molecule has 1 aromatic heterocycles. The van der Waals surface area contributed by atoms with E-state index < -0.39 is 0 Å². The lowest BCUT2D eigenvalue weighted by molar-refractivity contribution is 0.423. The molecule has 0 bridgehead atoms. The zero-order valence-corrected chi connectivity index (χ0v) is 12.9. The van der Waals surface area contributed by atoms with Crippen LogP contribution in [-0.4, -0.2) is 15.3 Å². The lowest BCUT2D eigenvalue weighted by Gasteiger charge is -2.21. The monoisotopic (exact) mass is 295 g/mol. The van der Waals surface area contributed by atoms with E-state index in [0.717, 1.165) is 16.9 Å². The average Bonchev–Trinajstić information content (AvgIpc) is 2.66. The highest BCUT2D eigenvalue weighted by Crippen LogP contribution is 2.20. The molecule has 0 saturated carbocycles. The Bertz CT molecular complexity index is 595. The molecular weight excluding hydrogens is 277 g/mol. The van der Waals surface area contributed by atoms with Crippen LogP contribution in [0.4, 0.5) is 4.39 Å². The summed E-state index contributed by atoms with van der Waals surface area (Å²) in [4.78, 5) is 0. The van der Waals surface area contributed by atoms with Gasteiger partial charge in [0, 0.05) is 18.3 Å². The van der Waals surface area contributed by atoms with Gasteiger partial charge >= 0.3 is 0 Å². The first-order valence-corrected chi connectivity index (χ1v) is 6.90. The average molecular weight is 296 g/mol. The summed E-state index contributed by atoms with van der Waals surface area (Å²) < 4.78 is 15.2. The maximum atomic E-state index is 13.5. The van der Waals surface area contributed by atoms with Gasteiger partial charge in [-0.15, -0.1) is 0 Å². The maximum absolute atomic E-state index is 13.5. The maximum Gasteiger partial charge on any atom is 0.123 e. The number of nitrogens with zero attached hydrogens (tertiary/aromatic N) is 2. The molecule has 0 aliphatic heterocycles. The van der Waals surface area contributed by atoms with Crippen molar-refractivity contribution >= 4 is 11.6 Å². The van der Waals surface area contributed by atoms with E-state index in [0.29, 0.717) is 11.6 Å². The van der Waals surface area contributed by atoms with E-state index in [4.69, 9.17) is 11.6 Å². The number of nitrogens with one attached hydrogen (secondary N) is 1. The summed E-state index contributed by atoms with van der Waals surface area (Å²) in [5, 5.41) is 8.31. The van der Waals surface area contributed by atoms with Crippen LogP contribution >= 0.6 is 11.6 Å². The summed E-state index contributed by atoms with van der Waals surface area (Å²) in [5.41, 5.74) is 2.39. The van der Waals surface area contributed by atoms with E-state index in [9.17, 15) is 4.39 Å². The molecule has 1 N–H and O–H groups in total. The van der Waals surface area contributed by atoms with E-state index in [-0.39, 0.29) is 11.4 Å². The predicted octanol–water partition coefficient (Wildman–Crippen LogP) is 3.86. The second-order valence-corrected chi connectivity index (χ2v) is 6.29. The van der Waals surface area contributed by atoms with Gasteiger partial charge in [0.15, 0.2) is 0 Å². The van der Waals surface area contributed by atoms with Crippen LogP contribution in [0, 0.1) is 12.7 Å². The van der Waals surface area contributed by atoms with Gasteiger partial charge in [-0.3, -0.25) is 0 Å². The largest absolute Gasteiger partial charge is 0.308 e. The van der Waals surface area contributed by atoms with Crippen molar-refractivity contribution in [3.8, 4) is 5.69 Å². The number of rotatable bonds is 3. The van der Waals surface area contributed by atoms with Crippen LogP contribution in [0.2, 0.25) is 5.02 Å². The Morgan fingerprint density at radius 3 is 2.60 bits per heavy atom. The zero-order valence-electron chi connectivity index (χ0n) is 12.2. The third kappa shape index (κ3) is 3.58. The molecule has 0 aliphatic rings. The summed E-state index contributed by atoms with van der Waals surface area (Å²) in [6.45, 7) is 8.62. The first-order chi connectivity index (χ1) is 9.26. The fraction of sp³-hybridized carbons (Fsp3) is 0.400. The molecule has 0 spiro atoms. The molecule has 1 heterocycles. The summed E-state index contributed by atoms with van der Waals surface area (Å²) in [7, 11) is 0. The van der Waals surface area contributed by atoms with Crippen LogP contribution in [0.5, 0.6) is 0 Å². The second-order valence-electron chi connectivity index (χ2n) is 5.88. The standard InChI is InChI=1S/C15H19ClFN3/c1-10-13(16)9-20(19-10)14-6-5-12(17)7-11(14)8-18-15(2,3)4/h5-7,9,18H,8H2,1-4H3. The molecule has 1 aromatic carbocycles. The van der Waals surface area contributed by atoms with Crippen LogP contribution in [-0.2, 0) is 6.54 Å². The lowest BCUT2D eigenvalue weighted by Crippen LogP contribution is -2.35. The van der Waals surface area contributed by atoms with Gasteiger partial charge < -0.3 is 5.32 Å². The molecule has 2 aromatic rings. The quantitative estimate of drug-likeness (QED) is 0.932. The second kappa shape index (κ2) is 5.54. The Balaban J connectivity index is 2.37. The van der Waals surface area contributed by atoms with Crippen LogP contribution < -0.4 is 5.32 Å². The first-order valence-electron chi connectivity index (χ1n) is 6.52. The highest BCUT2D eigenvalue weighted by atomic mass is 35.5. The molecule has 0 unspecified atom stereocenters. The fourth-order valence-corrected chi connectivity index (χ4v) is 1.97. The van der Waals surface area contributed by atoms with Crippen molar-refractivity contribution in [2.45, 2.75) is 39.8 Å². The van der Waals surface area contributed by atoms with Crippen molar-refractivity contribution in [1.29, 1.82) is 0 Å². The Morgan fingerprint density at radius 2 is 2.05 bits per heavy atom. The van der Waals surface area contributed by atoms with Gasteiger partial charge in [0.25, 0.3) is 0 Å². The number of aromatic nitrogens is 2. The van der Waals surface area contributed by atoms with E-state index >= 15 is 0 Å². The zero-order chi connectivity index (χ0) is 14.9. The molecule has 0 aliphatic carbocycles. The Labute approximate surface area is 123 Å². The van der Waals surface area contributed by atoms with Crippen LogP contribution in [0.25, 0.3) is 5.69 Å². The van der Waals surface area contributed by atoms with Crippen molar-refractivity contribution in [2.24, 2.45) is 0 Å². The topological polar surface area (TPSA) is 29.9 Å². The summed E-state index contributed by atoms with van der Waals surface area (Å²) in [6, 6.07) is 4.68. The van der Waals surface area contributed by atoms with E-state index in [1.807, 2.05) is 6.92 Å². The van der Waals surface area contributed by atoms with Crippen molar-refractivity contribution in [3.63, 3.8) is 0 Å². The molecule has 0 saturated heterocycles. The molecule has 5 heteroatoms. The van der Waals surface area contributed by atoms with Crippen LogP contribution in [0.1, 0.15) is 32.0 Å². The normalized spacial score (nSPS) is 11.9. The third-order valence-corrected chi connectivity index (χ3v) is 3.31. The molecule has 108 valence electrons. The number of hydrogen-bond donors (Lipinski definition) is 1. The van der Waals surface area contributed by atoms with Crippen molar-refractivity contribution in [3.05, 3.63) is 46.5 Å². The van der Waals surface area contributed by atoms with Crippen molar-refractivity contribution in [1.82, 2.24) is 15.1 Å². The molecule has 3 nitrogen and oxygen atoms in total. The number of halogens is 2. The molecule has 0 atom stereocenters. The number of hydrogen-bond acceptors (Lipinski definition) is 2. The first kappa shape index (κ1) is 15.0. The van der Waals surface area contributed by atoms with Gasteiger partial charge in [0.2, 0.25) is 0 Å². The third-order valence-electron chi connectivity index (χ3n) is 2.94. The summed E-state index contributed by atoms with van der Waals surface area (Å²) >= 11 is 6.04. The van der Waals surface area contributed by atoms with Crippen LogP contribution in [0.15, 0.2) is 24.4 Å². The fourth-order valence-electron chi connectivity index (χ4n) is 1.84. The smallest absolute Gasteiger partial charge is 0.123 e. The highest BCUT2D eigenvalue weighted by molar-refractivity contribution is 6.31. The van der Waals surface area contributed by atoms with Gasteiger partial charge in [0.1, 0.15) is 5.82 Å². The predicted molar refractivity (Wildman–Crippen MR) is 79.9 cm³/mol. The van der Waals surface area contributed by atoms with Gasteiger partial charge in [-0.1, -0.05) is 11.6 Å². The van der Waals surface area contributed by atoms with Crippen molar-refractivity contribution in [2.75, 3.05) is 0 Å². The van der Waals surface area contributed by atoms with E-state index in [1.165, 1.54) is 12.1 Å². The van der Waals surface area contributed by atoms with Crippen LogP contribution in [0.3, 0.4) is 0 Å². The molecule has 2 rings (SSSR count). The minimum absolute atomic E-state index is 0.0404. The van der Waals surface area contributed by atoms with Crippen molar-refractivity contribution < 1.29 is 4.39 Å². The number of benzene rings is 1. The highest BCUT2D eigenvalue weighted by Gasteiger charge is 2.13. The molecule has 0 amide bonds. The molecular formula is C15H19ClFN3. The Hall–Kier alpha value is -1.39. The van der Waals surface area contributed by atoms with Gasteiger partial charge in [-0.05, 0) is 51.5 Å². The van der Waals surface area contributed by atoms with Gasteiger partial charge in [-0.2, -0.15) is 5.10 Å².